The second kappa shape index (κ2) is 4.92. The van der Waals surface area contributed by atoms with Gasteiger partial charge in [0.25, 0.3) is 0 Å². The van der Waals surface area contributed by atoms with Gasteiger partial charge in [-0.2, -0.15) is 9.97 Å². The minimum absolute atomic E-state index is 0.177. The Kier molecular flexibility index (Phi) is 3.33. The fourth-order valence-electron chi connectivity index (χ4n) is 1.63. The van der Waals surface area contributed by atoms with Crippen LogP contribution in [0, 0.1) is 6.92 Å². The maximum Gasteiger partial charge on any atom is 0.223 e. The van der Waals surface area contributed by atoms with E-state index in [1.54, 1.807) is 12.3 Å². The first-order valence-electron chi connectivity index (χ1n) is 5.45. The fraction of sp³-hybridized carbons (Fsp3) is 0.273. The number of furan rings is 1. The third-order valence-corrected chi connectivity index (χ3v) is 2.64. The number of rotatable bonds is 4. The van der Waals surface area contributed by atoms with Crippen LogP contribution in [0.1, 0.15) is 11.3 Å². The zero-order valence-electron chi connectivity index (χ0n) is 10.3. The van der Waals surface area contributed by atoms with Crippen molar-refractivity contribution in [2.45, 2.75) is 13.5 Å². The maximum atomic E-state index is 5.61. The predicted molar refractivity (Wildman–Crippen MR) is 69.8 cm³/mol. The second-order valence-corrected chi connectivity index (χ2v) is 3.97. The summed E-state index contributed by atoms with van der Waals surface area (Å²) in [4.78, 5) is 10.0. The lowest BCUT2D eigenvalue weighted by Crippen LogP contribution is -2.20. The summed E-state index contributed by atoms with van der Waals surface area (Å²) in [5, 5.41) is 0. The summed E-state index contributed by atoms with van der Waals surface area (Å²) in [6.45, 7) is 2.59. The van der Waals surface area contributed by atoms with E-state index in [2.05, 4.69) is 15.4 Å². The molecule has 0 bridgehead atoms. The molecule has 7 nitrogen and oxygen atoms in total. The minimum Gasteiger partial charge on any atom is -0.469 e. The van der Waals surface area contributed by atoms with Gasteiger partial charge in [0.05, 0.1) is 6.26 Å². The molecule has 2 aromatic heterocycles. The lowest BCUT2D eigenvalue weighted by molar-refractivity contribution is 0.529. The van der Waals surface area contributed by atoms with E-state index in [9.17, 15) is 0 Å². The highest BCUT2D eigenvalue weighted by Crippen LogP contribution is 2.19. The van der Waals surface area contributed by atoms with Crippen LogP contribution in [0.2, 0.25) is 0 Å². The lowest BCUT2D eigenvalue weighted by atomic mass is 10.2. The number of aryl methyl sites for hydroxylation is 1. The van der Waals surface area contributed by atoms with Crippen molar-refractivity contribution >= 4 is 17.6 Å². The van der Waals surface area contributed by atoms with Gasteiger partial charge in [-0.3, -0.25) is 0 Å². The van der Waals surface area contributed by atoms with Crippen LogP contribution in [0.15, 0.2) is 22.8 Å². The van der Waals surface area contributed by atoms with E-state index in [0.29, 0.717) is 18.2 Å². The number of aromatic nitrogens is 2. The van der Waals surface area contributed by atoms with Gasteiger partial charge in [-0.15, -0.1) is 0 Å². The highest BCUT2D eigenvalue weighted by atomic mass is 16.3. The Labute approximate surface area is 105 Å². The molecule has 0 saturated carbocycles. The maximum absolute atomic E-state index is 5.61. The molecule has 18 heavy (non-hydrogen) atoms. The van der Waals surface area contributed by atoms with Crippen LogP contribution in [0.5, 0.6) is 0 Å². The van der Waals surface area contributed by atoms with Crippen LogP contribution in [0.3, 0.4) is 0 Å². The number of hydrogen-bond donors (Lipinski definition) is 3. The van der Waals surface area contributed by atoms with Gasteiger partial charge in [-0.05, 0) is 13.0 Å². The van der Waals surface area contributed by atoms with Crippen LogP contribution < -0.4 is 21.9 Å². The largest absolute Gasteiger partial charge is 0.469 e. The first-order chi connectivity index (χ1) is 8.60. The summed E-state index contributed by atoms with van der Waals surface area (Å²) >= 11 is 0. The number of nitrogens with one attached hydrogen (secondary N) is 1. The number of anilines is 3. The molecule has 0 fully saturated rings. The summed E-state index contributed by atoms with van der Waals surface area (Å²) in [6, 6.07) is 3.66. The normalized spacial score (nSPS) is 10.4. The molecule has 0 spiro atoms. The highest BCUT2D eigenvalue weighted by Gasteiger charge is 2.09. The van der Waals surface area contributed by atoms with E-state index in [0.717, 1.165) is 11.3 Å². The Hall–Kier alpha value is -2.28. The summed E-state index contributed by atoms with van der Waals surface area (Å²) in [6.07, 6.45) is 1.67. The van der Waals surface area contributed by atoms with E-state index in [4.69, 9.17) is 16.0 Å². The number of nitrogen functional groups attached to an aromatic ring is 2. The second-order valence-electron chi connectivity index (χ2n) is 3.97. The molecule has 0 radical (unpaired) electrons. The summed E-state index contributed by atoms with van der Waals surface area (Å²) in [7, 11) is 1.91. The number of hydrogen-bond acceptors (Lipinski definition) is 7. The average Bonchev–Trinajstić information content (AvgIpc) is 2.74. The van der Waals surface area contributed by atoms with Gasteiger partial charge in [-0.1, -0.05) is 0 Å². The molecule has 0 unspecified atom stereocenters. The zero-order chi connectivity index (χ0) is 13.1. The Morgan fingerprint density at radius 1 is 1.44 bits per heavy atom. The van der Waals surface area contributed by atoms with E-state index in [1.807, 2.05) is 24.9 Å². The Bertz CT molecular complexity index is 538. The molecule has 5 N–H and O–H groups in total. The molecule has 2 aromatic rings. The molecule has 2 heterocycles. The van der Waals surface area contributed by atoms with E-state index >= 15 is 0 Å². The van der Waals surface area contributed by atoms with Gasteiger partial charge in [-0.25, -0.2) is 5.84 Å². The standard InChI is InChI=1S/C11H16N6O/c1-7-8(3-4-18-7)6-17(2)10-5-9(16-13)14-11(12)15-10/h3-5H,6,13H2,1-2H3,(H3,12,14,15,16). The van der Waals surface area contributed by atoms with Gasteiger partial charge >= 0.3 is 0 Å². The van der Waals surface area contributed by atoms with Gasteiger partial charge in [0.15, 0.2) is 0 Å². The third-order valence-electron chi connectivity index (χ3n) is 2.64. The van der Waals surface area contributed by atoms with Crippen molar-refractivity contribution < 1.29 is 4.42 Å². The van der Waals surface area contributed by atoms with Gasteiger partial charge in [0.2, 0.25) is 5.95 Å². The first-order valence-corrected chi connectivity index (χ1v) is 5.45. The topological polar surface area (TPSA) is 106 Å². The van der Waals surface area contributed by atoms with E-state index < -0.39 is 0 Å². The first kappa shape index (κ1) is 12.2. The zero-order valence-corrected chi connectivity index (χ0v) is 10.3. The quantitative estimate of drug-likeness (QED) is 0.544. The smallest absolute Gasteiger partial charge is 0.223 e. The van der Waals surface area contributed by atoms with Crippen molar-refractivity contribution in [1.29, 1.82) is 0 Å². The Balaban J connectivity index is 2.20. The molecular weight excluding hydrogens is 232 g/mol. The van der Waals surface area contributed by atoms with Crippen LogP contribution in [-0.4, -0.2) is 17.0 Å². The van der Waals surface area contributed by atoms with E-state index in [-0.39, 0.29) is 5.95 Å². The van der Waals surface area contributed by atoms with Crippen molar-refractivity contribution in [3.8, 4) is 0 Å². The molecule has 0 atom stereocenters. The minimum atomic E-state index is 0.177. The molecule has 0 amide bonds. The molecule has 0 aliphatic carbocycles. The molecule has 96 valence electrons. The van der Waals surface area contributed by atoms with Crippen molar-refractivity contribution in [3.63, 3.8) is 0 Å². The monoisotopic (exact) mass is 248 g/mol. The van der Waals surface area contributed by atoms with Crippen molar-refractivity contribution in [1.82, 2.24) is 9.97 Å². The summed E-state index contributed by atoms with van der Waals surface area (Å²) in [5.41, 5.74) is 9.16. The van der Waals surface area contributed by atoms with Crippen molar-refractivity contribution in [2.75, 3.05) is 23.1 Å². The van der Waals surface area contributed by atoms with Gasteiger partial charge in [0, 0.05) is 25.2 Å². The number of nitrogens with two attached hydrogens (primary N) is 2. The van der Waals surface area contributed by atoms with Crippen molar-refractivity contribution in [3.05, 3.63) is 29.7 Å². The van der Waals surface area contributed by atoms with E-state index in [1.165, 1.54) is 0 Å². The van der Waals surface area contributed by atoms with Crippen LogP contribution in [-0.2, 0) is 6.54 Å². The average molecular weight is 248 g/mol. The molecule has 0 aromatic carbocycles. The number of hydrazine groups is 1. The van der Waals surface area contributed by atoms with Gasteiger partial charge < -0.3 is 20.5 Å². The van der Waals surface area contributed by atoms with Crippen LogP contribution in [0.25, 0.3) is 0 Å². The van der Waals surface area contributed by atoms with Crippen molar-refractivity contribution in [2.24, 2.45) is 5.84 Å². The van der Waals surface area contributed by atoms with Crippen LogP contribution in [0.4, 0.5) is 17.6 Å². The lowest BCUT2D eigenvalue weighted by Gasteiger charge is -2.18. The summed E-state index contributed by atoms with van der Waals surface area (Å²) in [5.74, 6) is 7.56. The number of nitrogens with zero attached hydrogens (tertiary/aromatic N) is 3. The predicted octanol–water partition coefficient (Wildman–Crippen LogP) is 0.882. The molecule has 2 rings (SSSR count). The highest BCUT2D eigenvalue weighted by molar-refractivity contribution is 5.52. The Morgan fingerprint density at radius 3 is 2.83 bits per heavy atom. The Morgan fingerprint density at radius 2 is 2.22 bits per heavy atom. The molecule has 7 heteroatoms. The fourth-order valence-corrected chi connectivity index (χ4v) is 1.63. The molecule has 0 saturated heterocycles. The third kappa shape index (κ3) is 2.51. The molecule has 0 aliphatic heterocycles. The SMILES string of the molecule is Cc1occc1CN(C)c1cc(NN)nc(N)n1. The molecule has 0 aliphatic rings. The molecular formula is C11H16N6O. The summed E-state index contributed by atoms with van der Waals surface area (Å²) < 4.78 is 5.25. The van der Waals surface area contributed by atoms with Gasteiger partial charge in [0.1, 0.15) is 17.4 Å². The van der Waals surface area contributed by atoms with Crippen LogP contribution >= 0.6 is 0 Å².